The molecule has 0 heterocycles. The van der Waals surface area contributed by atoms with Crippen LogP contribution in [-0.4, -0.2) is 36.9 Å². The molecule has 0 radical (unpaired) electrons. The number of carboxylic acids is 1. The molecular weight excluding hydrogens is 242 g/mol. The average Bonchev–Trinajstić information content (AvgIpc) is 1.96. The highest BCUT2D eigenvalue weighted by atomic mass is 32.2. The zero-order valence-corrected chi connectivity index (χ0v) is 10.2. The Morgan fingerprint density at radius 3 is 2.00 bits per heavy atom. The van der Waals surface area contributed by atoms with Crippen LogP contribution < -0.4 is 0 Å². The van der Waals surface area contributed by atoms with Crippen LogP contribution in [0.1, 0.15) is 27.2 Å². The standard InChI is InChI=1S/C9H16F2O4S/c1-9(2,3)7(8(12)13)16(14,15)5-4-6(10)11/h6-7H,4-5H2,1-3H3,(H,12,13). The normalized spacial score (nSPS) is 15.1. The third kappa shape index (κ3) is 4.42. The number of carboxylic acid groups (broad SMARTS) is 1. The molecule has 0 amide bonds. The van der Waals surface area contributed by atoms with E-state index in [0.29, 0.717) is 0 Å². The molecule has 1 atom stereocenters. The zero-order chi connectivity index (χ0) is 13.1. The van der Waals surface area contributed by atoms with Crippen molar-refractivity contribution >= 4 is 15.8 Å². The van der Waals surface area contributed by atoms with E-state index < -0.39 is 45.1 Å². The van der Waals surface area contributed by atoms with Crippen molar-refractivity contribution in [3.63, 3.8) is 0 Å². The number of hydrogen-bond acceptors (Lipinski definition) is 3. The van der Waals surface area contributed by atoms with Crippen molar-refractivity contribution < 1.29 is 27.1 Å². The highest BCUT2D eigenvalue weighted by molar-refractivity contribution is 7.92. The number of rotatable bonds is 5. The quantitative estimate of drug-likeness (QED) is 0.812. The summed E-state index contributed by atoms with van der Waals surface area (Å²) in [5, 5.41) is 7.19. The summed E-state index contributed by atoms with van der Waals surface area (Å²) in [5.41, 5.74) is -1.02. The van der Waals surface area contributed by atoms with Crippen LogP contribution in [0.3, 0.4) is 0 Å². The van der Waals surface area contributed by atoms with E-state index in [1.165, 1.54) is 20.8 Å². The van der Waals surface area contributed by atoms with Crippen LogP contribution in [0.25, 0.3) is 0 Å². The highest BCUT2D eigenvalue weighted by Crippen LogP contribution is 2.27. The summed E-state index contributed by atoms with van der Waals surface area (Å²) in [5.74, 6) is -2.31. The maximum Gasteiger partial charge on any atom is 0.322 e. The molecule has 0 aromatic heterocycles. The largest absolute Gasteiger partial charge is 0.480 e. The zero-order valence-electron chi connectivity index (χ0n) is 9.41. The summed E-state index contributed by atoms with van der Waals surface area (Å²) in [6, 6.07) is 0. The molecule has 0 aliphatic rings. The Kier molecular flexibility index (Phi) is 4.85. The molecule has 0 fully saturated rings. The average molecular weight is 258 g/mol. The van der Waals surface area contributed by atoms with Gasteiger partial charge in [-0.05, 0) is 5.41 Å². The fourth-order valence-corrected chi connectivity index (χ4v) is 3.56. The molecule has 0 bridgehead atoms. The molecule has 0 aromatic rings. The van der Waals surface area contributed by atoms with Crippen molar-refractivity contribution in [3.05, 3.63) is 0 Å². The van der Waals surface area contributed by atoms with Crippen LogP contribution in [-0.2, 0) is 14.6 Å². The molecule has 96 valence electrons. The molecule has 16 heavy (non-hydrogen) atoms. The van der Waals surface area contributed by atoms with E-state index in [1.807, 2.05) is 0 Å². The fourth-order valence-electron chi connectivity index (χ4n) is 1.43. The van der Waals surface area contributed by atoms with Crippen LogP contribution in [0.2, 0.25) is 0 Å². The van der Waals surface area contributed by atoms with E-state index in [-0.39, 0.29) is 0 Å². The Morgan fingerprint density at radius 2 is 1.75 bits per heavy atom. The molecule has 1 N–H and O–H groups in total. The van der Waals surface area contributed by atoms with Gasteiger partial charge in [0.2, 0.25) is 6.43 Å². The lowest BCUT2D eigenvalue weighted by Crippen LogP contribution is -2.42. The monoisotopic (exact) mass is 258 g/mol. The van der Waals surface area contributed by atoms with E-state index in [4.69, 9.17) is 5.11 Å². The van der Waals surface area contributed by atoms with Crippen molar-refractivity contribution in [2.75, 3.05) is 5.75 Å². The number of halogens is 2. The topological polar surface area (TPSA) is 71.4 Å². The Balaban J connectivity index is 5.01. The minimum absolute atomic E-state index is 0.807. The summed E-state index contributed by atoms with van der Waals surface area (Å²) >= 11 is 0. The first-order valence-corrected chi connectivity index (χ1v) is 6.42. The van der Waals surface area contributed by atoms with E-state index in [9.17, 15) is 22.0 Å². The van der Waals surface area contributed by atoms with Crippen LogP contribution >= 0.6 is 0 Å². The Labute approximate surface area is 93.6 Å². The van der Waals surface area contributed by atoms with Crippen molar-refractivity contribution in [1.82, 2.24) is 0 Å². The number of sulfone groups is 1. The SMILES string of the molecule is CC(C)(C)C(C(=O)O)S(=O)(=O)CCC(F)F. The van der Waals surface area contributed by atoms with Crippen LogP contribution in [0.4, 0.5) is 8.78 Å². The minimum Gasteiger partial charge on any atom is -0.480 e. The first-order valence-electron chi connectivity index (χ1n) is 4.71. The van der Waals surface area contributed by atoms with Gasteiger partial charge in [0.05, 0.1) is 5.75 Å². The van der Waals surface area contributed by atoms with Gasteiger partial charge in [0.25, 0.3) is 0 Å². The van der Waals surface area contributed by atoms with Gasteiger partial charge in [-0.25, -0.2) is 17.2 Å². The Bertz CT molecular complexity index is 343. The van der Waals surface area contributed by atoms with Gasteiger partial charge < -0.3 is 5.11 Å². The van der Waals surface area contributed by atoms with E-state index in [0.717, 1.165) is 0 Å². The second-order valence-corrected chi connectivity index (χ2v) is 6.84. The third-order valence-corrected chi connectivity index (χ3v) is 4.42. The first-order chi connectivity index (χ1) is 6.98. The predicted octanol–water partition coefficient (Wildman–Crippen LogP) is 1.56. The minimum atomic E-state index is -4.05. The predicted molar refractivity (Wildman–Crippen MR) is 55.3 cm³/mol. The van der Waals surface area contributed by atoms with Gasteiger partial charge in [0.15, 0.2) is 15.1 Å². The number of hydrogen-bond donors (Lipinski definition) is 1. The Morgan fingerprint density at radius 1 is 1.31 bits per heavy atom. The van der Waals surface area contributed by atoms with Gasteiger partial charge in [0, 0.05) is 6.42 Å². The maximum atomic E-state index is 11.9. The maximum absolute atomic E-state index is 11.9. The highest BCUT2D eigenvalue weighted by Gasteiger charge is 2.42. The van der Waals surface area contributed by atoms with Crippen molar-refractivity contribution in [1.29, 1.82) is 0 Å². The van der Waals surface area contributed by atoms with Crippen molar-refractivity contribution in [2.24, 2.45) is 5.41 Å². The summed E-state index contributed by atoms with van der Waals surface area (Å²) in [4.78, 5) is 10.9. The van der Waals surface area contributed by atoms with Crippen molar-refractivity contribution in [2.45, 2.75) is 38.9 Å². The smallest absolute Gasteiger partial charge is 0.322 e. The lowest BCUT2D eigenvalue weighted by molar-refractivity contribution is -0.138. The second-order valence-electron chi connectivity index (χ2n) is 4.63. The number of carbonyl (C=O) groups is 1. The van der Waals surface area contributed by atoms with Crippen LogP contribution in [0.15, 0.2) is 0 Å². The fraction of sp³-hybridized carbons (Fsp3) is 0.889. The lowest BCUT2D eigenvalue weighted by Gasteiger charge is -2.26. The second kappa shape index (κ2) is 5.07. The first kappa shape index (κ1) is 15.3. The number of alkyl halides is 2. The molecule has 0 aromatic carbocycles. The molecule has 0 aliphatic carbocycles. The summed E-state index contributed by atoms with van der Waals surface area (Å²) in [6.07, 6.45) is -3.58. The van der Waals surface area contributed by atoms with Gasteiger partial charge in [-0.1, -0.05) is 20.8 Å². The molecule has 0 aliphatic heterocycles. The summed E-state index contributed by atoms with van der Waals surface area (Å²) < 4.78 is 47.0. The molecule has 0 rings (SSSR count). The lowest BCUT2D eigenvalue weighted by atomic mass is 9.92. The molecule has 0 saturated carbocycles. The summed E-state index contributed by atoms with van der Waals surface area (Å²) in [7, 11) is -4.05. The molecule has 0 saturated heterocycles. The van der Waals surface area contributed by atoms with E-state index in [1.54, 1.807) is 0 Å². The number of aliphatic carboxylic acids is 1. The van der Waals surface area contributed by atoms with E-state index in [2.05, 4.69) is 0 Å². The van der Waals surface area contributed by atoms with Gasteiger partial charge in [-0.3, -0.25) is 4.79 Å². The van der Waals surface area contributed by atoms with Gasteiger partial charge in [0.1, 0.15) is 0 Å². The van der Waals surface area contributed by atoms with Gasteiger partial charge in [-0.15, -0.1) is 0 Å². The van der Waals surface area contributed by atoms with E-state index >= 15 is 0 Å². The molecular formula is C9H16F2O4S. The molecule has 1 unspecified atom stereocenters. The van der Waals surface area contributed by atoms with Crippen LogP contribution in [0.5, 0.6) is 0 Å². The third-order valence-electron chi connectivity index (χ3n) is 1.99. The molecule has 0 spiro atoms. The van der Waals surface area contributed by atoms with Crippen LogP contribution in [0, 0.1) is 5.41 Å². The van der Waals surface area contributed by atoms with Gasteiger partial charge in [-0.2, -0.15) is 0 Å². The summed E-state index contributed by atoms with van der Waals surface area (Å²) in [6.45, 7) is 4.35. The van der Waals surface area contributed by atoms with Crippen molar-refractivity contribution in [3.8, 4) is 0 Å². The molecule has 7 heteroatoms. The molecule has 4 nitrogen and oxygen atoms in total. The van der Waals surface area contributed by atoms with Gasteiger partial charge >= 0.3 is 5.97 Å². The Hall–Kier alpha value is -0.720.